The molecular formula is C14H16N2O4. The van der Waals surface area contributed by atoms with Gasteiger partial charge >= 0.3 is 12.1 Å². The van der Waals surface area contributed by atoms with E-state index in [9.17, 15) is 19.8 Å². The van der Waals surface area contributed by atoms with Crippen molar-refractivity contribution in [2.75, 3.05) is 6.54 Å². The molecule has 6 nitrogen and oxygen atoms in total. The fourth-order valence-corrected chi connectivity index (χ4v) is 3.20. The normalized spacial score (nSPS) is 28.4. The molecule has 20 heavy (non-hydrogen) atoms. The van der Waals surface area contributed by atoms with E-state index in [1.54, 1.807) is 0 Å². The molecule has 3 N–H and O–H groups in total. The van der Waals surface area contributed by atoms with Gasteiger partial charge in [0.15, 0.2) is 0 Å². The quantitative estimate of drug-likeness (QED) is 0.704. The predicted molar refractivity (Wildman–Crippen MR) is 70.4 cm³/mol. The molecule has 1 fully saturated rings. The van der Waals surface area contributed by atoms with Crippen LogP contribution in [0.2, 0.25) is 0 Å². The van der Waals surface area contributed by atoms with Crippen molar-refractivity contribution in [2.24, 2.45) is 5.92 Å². The number of amides is 1. The number of hydrogen-bond donors (Lipinski definition) is 3. The van der Waals surface area contributed by atoms with E-state index < -0.39 is 24.3 Å². The summed E-state index contributed by atoms with van der Waals surface area (Å²) in [6.45, 7) is 0.262. The highest BCUT2D eigenvalue weighted by Crippen LogP contribution is 2.28. The lowest BCUT2D eigenvalue weighted by molar-refractivity contribution is -0.143. The molecule has 3 unspecified atom stereocenters. The average molecular weight is 276 g/mol. The van der Waals surface area contributed by atoms with E-state index >= 15 is 0 Å². The summed E-state index contributed by atoms with van der Waals surface area (Å²) in [6, 6.07) is 7.15. The van der Waals surface area contributed by atoms with Crippen molar-refractivity contribution in [3.05, 3.63) is 35.4 Å². The van der Waals surface area contributed by atoms with Gasteiger partial charge in [0, 0.05) is 18.9 Å². The van der Waals surface area contributed by atoms with E-state index in [2.05, 4.69) is 5.32 Å². The van der Waals surface area contributed by atoms with Crippen molar-refractivity contribution in [1.29, 1.82) is 0 Å². The summed E-state index contributed by atoms with van der Waals surface area (Å²) < 4.78 is 0. The molecular weight excluding hydrogens is 260 g/mol. The maximum absolute atomic E-state index is 11.4. The van der Waals surface area contributed by atoms with Gasteiger partial charge in [-0.05, 0) is 17.5 Å². The molecule has 6 heteroatoms. The van der Waals surface area contributed by atoms with Crippen molar-refractivity contribution in [1.82, 2.24) is 10.2 Å². The van der Waals surface area contributed by atoms with Crippen molar-refractivity contribution in [2.45, 2.75) is 25.0 Å². The van der Waals surface area contributed by atoms with Crippen LogP contribution >= 0.6 is 0 Å². The number of benzene rings is 1. The van der Waals surface area contributed by atoms with Gasteiger partial charge in [-0.2, -0.15) is 0 Å². The first-order chi connectivity index (χ1) is 9.56. The third-order valence-corrected chi connectivity index (χ3v) is 4.18. The minimum absolute atomic E-state index is 0.249. The van der Waals surface area contributed by atoms with Crippen LogP contribution in [0.1, 0.15) is 11.1 Å². The zero-order valence-corrected chi connectivity index (χ0v) is 10.8. The molecule has 3 heterocycles. The summed E-state index contributed by atoms with van der Waals surface area (Å²) in [5.74, 6) is -1.16. The Morgan fingerprint density at radius 2 is 1.80 bits per heavy atom. The monoisotopic (exact) mass is 276 g/mol. The Morgan fingerprint density at radius 3 is 2.40 bits per heavy atom. The minimum Gasteiger partial charge on any atom is -0.480 e. The van der Waals surface area contributed by atoms with Crippen LogP contribution in [-0.2, 0) is 17.6 Å². The summed E-state index contributed by atoms with van der Waals surface area (Å²) in [5, 5.41) is 21.6. The summed E-state index contributed by atoms with van der Waals surface area (Å²) in [5.41, 5.74) is 2.21. The van der Waals surface area contributed by atoms with Gasteiger partial charge in [0.25, 0.3) is 0 Å². The van der Waals surface area contributed by atoms with Crippen LogP contribution in [0, 0.1) is 5.92 Å². The van der Waals surface area contributed by atoms with Gasteiger partial charge in [-0.25, -0.2) is 4.79 Å². The van der Waals surface area contributed by atoms with E-state index in [4.69, 9.17) is 0 Å². The summed E-state index contributed by atoms with van der Waals surface area (Å²) in [7, 11) is 0. The van der Waals surface area contributed by atoms with Gasteiger partial charge in [-0.1, -0.05) is 24.3 Å². The van der Waals surface area contributed by atoms with E-state index in [0.717, 1.165) is 11.1 Å². The van der Waals surface area contributed by atoms with E-state index in [0.29, 0.717) is 12.8 Å². The molecule has 0 saturated carbocycles. The van der Waals surface area contributed by atoms with Crippen molar-refractivity contribution >= 4 is 12.1 Å². The molecule has 1 aromatic rings. The molecule has 0 aliphatic carbocycles. The number of hydrogen-bond acceptors (Lipinski definition) is 3. The number of nitrogens with one attached hydrogen (secondary N) is 1. The molecule has 2 bridgehead atoms. The summed E-state index contributed by atoms with van der Waals surface area (Å²) in [4.78, 5) is 24.0. The Balaban J connectivity index is 2.01. The highest BCUT2D eigenvalue weighted by Gasteiger charge is 2.42. The first-order valence-electron chi connectivity index (χ1n) is 6.61. The molecule has 3 atom stereocenters. The van der Waals surface area contributed by atoms with Crippen LogP contribution < -0.4 is 5.32 Å². The standard InChI is InChI=1S/C14H16N2O4/c17-13(18)12-10-5-8-3-1-2-4-9(8)6-11(15-12)16(7-10)14(19)20/h1-4,10-12,15H,5-7H2,(H,17,18)(H,19,20). The number of aliphatic carboxylic acids is 1. The zero-order valence-electron chi connectivity index (χ0n) is 10.8. The molecule has 3 aliphatic heterocycles. The van der Waals surface area contributed by atoms with Crippen LogP contribution in [0.15, 0.2) is 24.3 Å². The Bertz CT molecular complexity index is 511. The Hall–Kier alpha value is -2.08. The number of carbonyl (C=O) groups is 2. The lowest BCUT2D eigenvalue weighted by Crippen LogP contribution is -2.65. The number of nitrogens with zero attached hydrogens (tertiary/aromatic N) is 1. The van der Waals surface area contributed by atoms with Crippen LogP contribution in [0.3, 0.4) is 0 Å². The van der Waals surface area contributed by atoms with Gasteiger partial charge in [-0.15, -0.1) is 0 Å². The second-order valence-corrected chi connectivity index (χ2v) is 5.37. The summed E-state index contributed by atoms with van der Waals surface area (Å²) >= 11 is 0. The molecule has 3 aliphatic rings. The molecule has 0 spiro atoms. The van der Waals surface area contributed by atoms with E-state index in [1.165, 1.54) is 4.90 Å². The largest absolute Gasteiger partial charge is 0.480 e. The first-order valence-corrected chi connectivity index (χ1v) is 6.61. The third-order valence-electron chi connectivity index (χ3n) is 4.18. The van der Waals surface area contributed by atoms with Gasteiger partial charge in [0.2, 0.25) is 0 Å². The molecule has 1 aromatic carbocycles. The average Bonchev–Trinajstić information content (AvgIpc) is 2.37. The topological polar surface area (TPSA) is 89.9 Å². The fourth-order valence-electron chi connectivity index (χ4n) is 3.20. The van der Waals surface area contributed by atoms with Gasteiger partial charge in [0.1, 0.15) is 6.04 Å². The van der Waals surface area contributed by atoms with Crippen LogP contribution in [-0.4, -0.2) is 45.9 Å². The SMILES string of the molecule is O=C(O)C1NC2Cc3ccccc3CC1CN2C(=O)O. The number of fused-ring (bicyclic) bond motifs is 2. The molecule has 0 radical (unpaired) electrons. The lowest BCUT2D eigenvalue weighted by Gasteiger charge is -2.44. The van der Waals surface area contributed by atoms with Crippen molar-refractivity contribution in [3.8, 4) is 0 Å². The minimum atomic E-state index is -1.00. The summed E-state index contributed by atoms with van der Waals surface area (Å²) in [6.07, 6.45) is -0.405. The maximum Gasteiger partial charge on any atom is 0.408 e. The van der Waals surface area contributed by atoms with Crippen LogP contribution in [0.4, 0.5) is 4.79 Å². The van der Waals surface area contributed by atoms with Crippen molar-refractivity contribution < 1.29 is 19.8 Å². The number of carboxylic acid groups (broad SMARTS) is 2. The molecule has 4 rings (SSSR count). The number of rotatable bonds is 1. The lowest BCUT2D eigenvalue weighted by atomic mass is 9.83. The van der Waals surface area contributed by atoms with Gasteiger partial charge in [0.05, 0.1) is 6.17 Å². The second-order valence-electron chi connectivity index (χ2n) is 5.37. The van der Waals surface area contributed by atoms with E-state index in [1.807, 2.05) is 24.3 Å². The Labute approximate surface area is 116 Å². The Morgan fingerprint density at radius 1 is 1.15 bits per heavy atom. The maximum atomic E-state index is 11.4. The van der Waals surface area contributed by atoms with Crippen LogP contribution in [0.5, 0.6) is 0 Å². The fraction of sp³-hybridized carbons (Fsp3) is 0.429. The highest BCUT2D eigenvalue weighted by atomic mass is 16.4. The predicted octanol–water partition coefficient (Wildman–Crippen LogP) is 0.764. The smallest absolute Gasteiger partial charge is 0.408 e. The molecule has 106 valence electrons. The van der Waals surface area contributed by atoms with Crippen molar-refractivity contribution in [3.63, 3.8) is 0 Å². The van der Waals surface area contributed by atoms with E-state index in [-0.39, 0.29) is 12.5 Å². The van der Waals surface area contributed by atoms with Crippen LogP contribution in [0.25, 0.3) is 0 Å². The molecule has 1 saturated heterocycles. The highest BCUT2D eigenvalue weighted by molar-refractivity contribution is 5.75. The second kappa shape index (κ2) is 4.79. The van der Waals surface area contributed by atoms with Gasteiger partial charge in [-0.3, -0.25) is 15.0 Å². The molecule has 0 aromatic heterocycles. The number of carboxylic acids is 1. The third kappa shape index (κ3) is 2.12. The Kier molecular flexibility index (Phi) is 3.10. The molecule has 1 amide bonds. The van der Waals surface area contributed by atoms with Gasteiger partial charge < -0.3 is 10.2 Å². The zero-order chi connectivity index (χ0) is 14.3. The first kappa shape index (κ1) is 12.9.